The van der Waals surface area contributed by atoms with Gasteiger partial charge in [0.05, 0.1) is 0 Å². The van der Waals surface area contributed by atoms with E-state index in [1.807, 2.05) is 12.1 Å². The molecule has 2 aliphatic rings. The number of rotatable bonds is 6. The van der Waals surface area contributed by atoms with Crippen LogP contribution in [0.25, 0.3) is 0 Å². The summed E-state index contributed by atoms with van der Waals surface area (Å²) >= 11 is 0. The van der Waals surface area contributed by atoms with Gasteiger partial charge in [-0.1, -0.05) is 24.3 Å². The van der Waals surface area contributed by atoms with E-state index in [1.54, 1.807) is 12.1 Å². The van der Waals surface area contributed by atoms with Gasteiger partial charge in [0.25, 0.3) is 0 Å². The second-order valence-electron chi connectivity index (χ2n) is 6.14. The Morgan fingerprint density at radius 3 is 2.52 bits per heavy atom. The topological polar surface area (TPSA) is 21.3 Å². The maximum Gasteiger partial charge on any atom is 0.387 e. The zero-order chi connectivity index (χ0) is 14.8. The number of halogens is 2. The highest BCUT2D eigenvalue weighted by Crippen LogP contribution is 2.44. The first-order chi connectivity index (χ1) is 10.1. The molecule has 1 aromatic rings. The van der Waals surface area contributed by atoms with Gasteiger partial charge in [0.15, 0.2) is 0 Å². The third-order valence-electron chi connectivity index (χ3n) is 4.75. The van der Waals surface area contributed by atoms with Crippen LogP contribution in [0.1, 0.15) is 25.3 Å². The van der Waals surface area contributed by atoms with Crippen molar-refractivity contribution in [3.8, 4) is 5.75 Å². The monoisotopic (exact) mass is 293 g/mol. The van der Waals surface area contributed by atoms with Crippen LogP contribution in [0.2, 0.25) is 0 Å². The number of nitrogens with one attached hydrogen (secondary N) is 1. The van der Waals surface area contributed by atoms with Gasteiger partial charge in [-0.25, -0.2) is 0 Å². The van der Waals surface area contributed by atoms with E-state index < -0.39 is 6.61 Å². The molecule has 1 saturated carbocycles. The van der Waals surface area contributed by atoms with Crippen LogP contribution in [0.5, 0.6) is 5.75 Å². The minimum Gasteiger partial charge on any atom is -0.435 e. The zero-order valence-corrected chi connectivity index (χ0v) is 12.1. The fraction of sp³-hybridized carbons (Fsp3) is 0.529. The maximum atomic E-state index is 12.1. The lowest BCUT2D eigenvalue weighted by molar-refractivity contribution is -0.0498. The Balaban J connectivity index is 1.49. The minimum absolute atomic E-state index is 0.208. The van der Waals surface area contributed by atoms with E-state index in [0.717, 1.165) is 29.9 Å². The fourth-order valence-electron chi connectivity index (χ4n) is 3.62. The summed E-state index contributed by atoms with van der Waals surface area (Å²) in [5, 5.41) is 3.56. The molecule has 1 N–H and O–H groups in total. The number of alkyl halides is 2. The zero-order valence-electron chi connectivity index (χ0n) is 12.1. The molecule has 1 aromatic carbocycles. The second kappa shape index (κ2) is 6.14. The van der Waals surface area contributed by atoms with Gasteiger partial charge in [0.2, 0.25) is 0 Å². The van der Waals surface area contributed by atoms with E-state index in [2.05, 4.69) is 29.1 Å². The Morgan fingerprint density at radius 2 is 1.95 bits per heavy atom. The molecule has 2 aliphatic carbocycles. The first kappa shape index (κ1) is 14.5. The summed E-state index contributed by atoms with van der Waals surface area (Å²) in [6, 6.07) is 7.32. The number of ether oxygens (including phenoxy) is 1. The van der Waals surface area contributed by atoms with Crippen molar-refractivity contribution in [3.05, 3.63) is 42.0 Å². The first-order valence-electron chi connectivity index (χ1n) is 7.57. The Morgan fingerprint density at radius 1 is 1.19 bits per heavy atom. The molecule has 2 bridgehead atoms. The molecular weight excluding hydrogens is 272 g/mol. The Labute approximate surface area is 124 Å². The highest BCUT2D eigenvalue weighted by Gasteiger charge is 2.38. The van der Waals surface area contributed by atoms with E-state index in [4.69, 9.17) is 0 Å². The third kappa shape index (κ3) is 3.43. The minimum atomic E-state index is -2.76. The van der Waals surface area contributed by atoms with Crippen molar-refractivity contribution in [1.82, 2.24) is 5.32 Å². The molecule has 2 nitrogen and oxygen atoms in total. The molecule has 0 aliphatic heterocycles. The molecule has 114 valence electrons. The van der Waals surface area contributed by atoms with E-state index >= 15 is 0 Å². The van der Waals surface area contributed by atoms with Crippen molar-refractivity contribution in [1.29, 1.82) is 0 Å². The molecule has 3 rings (SSSR count). The quantitative estimate of drug-likeness (QED) is 0.801. The van der Waals surface area contributed by atoms with Gasteiger partial charge >= 0.3 is 6.61 Å². The largest absolute Gasteiger partial charge is 0.435 e. The third-order valence-corrected chi connectivity index (χ3v) is 4.75. The fourth-order valence-corrected chi connectivity index (χ4v) is 3.62. The van der Waals surface area contributed by atoms with E-state index in [-0.39, 0.29) is 5.75 Å². The molecule has 4 atom stereocenters. The lowest BCUT2D eigenvalue weighted by Gasteiger charge is -2.26. The summed E-state index contributed by atoms with van der Waals surface area (Å²) in [5.74, 6) is 2.45. The standard InChI is InChI=1S/C17H21F2NO/c1-11(16-9-13-2-5-14(16)8-13)20-10-12-3-6-15(7-4-12)21-17(18)19/h2-7,11,13-14,16-17,20H,8-10H2,1H3. The van der Waals surface area contributed by atoms with Crippen molar-refractivity contribution in [2.45, 2.75) is 39.0 Å². The van der Waals surface area contributed by atoms with Crippen molar-refractivity contribution in [2.75, 3.05) is 0 Å². The number of hydrogen-bond acceptors (Lipinski definition) is 2. The second-order valence-corrected chi connectivity index (χ2v) is 6.14. The molecule has 0 saturated heterocycles. The smallest absolute Gasteiger partial charge is 0.387 e. The first-order valence-corrected chi connectivity index (χ1v) is 7.57. The highest BCUT2D eigenvalue weighted by atomic mass is 19.3. The number of fused-ring (bicyclic) bond motifs is 2. The van der Waals surface area contributed by atoms with Crippen LogP contribution in [-0.4, -0.2) is 12.7 Å². The summed E-state index contributed by atoms with van der Waals surface area (Å²) in [6.07, 6.45) is 7.33. The summed E-state index contributed by atoms with van der Waals surface area (Å²) in [5.41, 5.74) is 1.09. The van der Waals surface area contributed by atoms with E-state index in [0.29, 0.717) is 6.04 Å². The van der Waals surface area contributed by atoms with Crippen molar-refractivity contribution in [2.24, 2.45) is 17.8 Å². The van der Waals surface area contributed by atoms with Gasteiger partial charge in [-0.3, -0.25) is 0 Å². The Bertz CT molecular complexity index is 500. The molecule has 0 heterocycles. The number of hydrogen-bond donors (Lipinski definition) is 1. The molecule has 0 amide bonds. The highest BCUT2D eigenvalue weighted by molar-refractivity contribution is 5.27. The molecule has 1 fully saturated rings. The van der Waals surface area contributed by atoms with Gasteiger partial charge in [0.1, 0.15) is 5.75 Å². The van der Waals surface area contributed by atoms with Crippen LogP contribution in [0.4, 0.5) is 8.78 Å². The van der Waals surface area contributed by atoms with Gasteiger partial charge in [0, 0.05) is 12.6 Å². The average Bonchev–Trinajstić information content (AvgIpc) is 3.08. The summed E-state index contributed by atoms with van der Waals surface area (Å²) in [7, 11) is 0. The molecule has 0 spiro atoms. The molecule has 0 radical (unpaired) electrons. The normalized spacial score (nSPS) is 28.3. The predicted molar refractivity (Wildman–Crippen MR) is 78.2 cm³/mol. The lowest BCUT2D eigenvalue weighted by Crippen LogP contribution is -2.35. The average molecular weight is 293 g/mol. The van der Waals surface area contributed by atoms with Gasteiger partial charge in [-0.15, -0.1) is 0 Å². The van der Waals surface area contributed by atoms with Crippen molar-refractivity contribution < 1.29 is 13.5 Å². The van der Waals surface area contributed by atoms with Crippen LogP contribution >= 0.6 is 0 Å². The maximum absolute atomic E-state index is 12.1. The lowest BCUT2D eigenvalue weighted by atomic mass is 9.87. The summed E-state index contributed by atoms with van der Waals surface area (Å²) in [6.45, 7) is 0.237. The molecule has 21 heavy (non-hydrogen) atoms. The van der Waals surface area contributed by atoms with E-state index in [9.17, 15) is 8.78 Å². The Hall–Kier alpha value is -1.42. The summed E-state index contributed by atoms with van der Waals surface area (Å²) < 4.78 is 28.5. The van der Waals surface area contributed by atoms with Crippen LogP contribution < -0.4 is 10.1 Å². The molecule has 4 unspecified atom stereocenters. The van der Waals surface area contributed by atoms with Crippen molar-refractivity contribution in [3.63, 3.8) is 0 Å². The van der Waals surface area contributed by atoms with Crippen LogP contribution in [0, 0.1) is 17.8 Å². The number of benzene rings is 1. The molecular formula is C17H21F2NO. The van der Waals surface area contributed by atoms with Crippen LogP contribution in [0.3, 0.4) is 0 Å². The van der Waals surface area contributed by atoms with Crippen molar-refractivity contribution >= 4 is 0 Å². The summed E-state index contributed by atoms with van der Waals surface area (Å²) in [4.78, 5) is 0. The predicted octanol–water partition coefficient (Wildman–Crippen LogP) is 3.98. The SMILES string of the molecule is CC(NCc1ccc(OC(F)F)cc1)C1CC2C=CC1C2. The van der Waals surface area contributed by atoms with Gasteiger partial charge in [-0.05, 0) is 55.2 Å². The van der Waals surface area contributed by atoms with Crippen LogP contribution in [0.15, 0.2) is 36.4 Å². The van der Waals surface area contributed by atoms with Gasteiger partial charge < -0.3 is 10.1 Å². The van der Waals surface area contributed by atoms with Crippen LogP contribution in [-0.2, 0) is 6.54 Å². The van der Waals surface area contributed by atoms with E-state index in [1.165, 1.54) is 12.8 Å². The molecule has 4 heteroatoms. The number of allylic oxidation sites excluding steroid dienone is 2. The molecule has 0 aromatic heterocycles. The van der Waals surface area contributed by atoms with Gasteiger partial charge in [-0.2, -0.15) is 8.78 Å². The Kier molecular flexibility index (Phi) is 4.24.